The van der Waals surface area contributed by atoms with Gasteiger partial charge in [0.1, 0.15) is 0 Å². The van der Waals surface area contributed by atoms with Crippen LogP contribution in [-0.2, 0) is 9.59 Å². The van der Waals surface area contributed by atoms with Gasteiger partial charge in [-0.25, -0.2) is 0 Å². The Morgan fingerprint density at radius 1 is 1.22 bits per heavy atom. The zero-order valence-electron chi connectivity index (χ0n) is 13.5. The third-order valence-corrected chi connectivity index (χ3v) is 4.59. The van der Waals surface area contributed by atoms with Crippen LogP contribution in [0.4, 0.5) is 5.69 Å². The van der Waals surface area contributed by atoms with Gasteiger partial charge in [-0.2, -0.15) is 0 Å². The van der Waals surface area contributed by atoms with Crippen molar-refractivity contribution in [2.24, 2.45) is 0 Å². The molecule has 128 valence electrons. The number of amides is 2. The summed E-state index contributed by atoms with van der Waals surface area (Å²) in [7, 11) is 0. The van der Waals surface area contributed by atoms with E-state index in [1.807, 2.05) is 36.1 Å². The van der Waals surface area contributed by atoms with Crippen LogP contribution in [0.25, 0.3) is 0 Å². The highest BCUT2D eigenvalue weighted by molar-refractivity contribution is 8.00. The van der Waals surface area contributed by atoms with Crippen molar-refractivity contribution in [3.8, 4) is 0 Å². The molecule has 1 saturated heterocycles. The molecule has 5 nitrogen and oxygen atoms in total. The van der Waals surface area contributed by atoms with Gasteiger partial charge in [-0.05, 0) is 44.2 Å². The number of hydrogen-bond donors (Lipinski definition) is 2. The number of carbonyl (C=O) groups is 2. The van der Waals surface area contributed by atoms with Crippen LogP contribution in [0.3, 0.4) is 0 Å². The van der Waals surface area contributed by atoms with Crippen LogP contribution < -0.4 is 10.6 Å². The summed E-state index contributed by atoms with van der Waals surface area (Å²) in [6, 6.07) is 7.58. The highest BCUT2D eigenvalue weighted by Crippen LogP contribution is 2.26. The summed E-state index contributed by atoms with van der Waals surface area (Å²) >= 11 is 1.56. The molecule has 1 aromatic carbocycles. The predicted octanol–water partition coefficient (Wildman–Crippen LogP) is 2.37. The van der Waals surface area contributed by atoms with E-state index in [0.29, 0.717) is 0 Å². The van der Waals surface area contributed by atoms with Crippen LogP contribution in [0.1, 0.15) is 20.3 Å². The lowest BCUT2D eigenvalue weighted by atomic mass is 10.3. The molecule has 23 heavy (non-hydrogen) atoms. The molecule has 0 aromatic heterocycles. The number of nitrogens with one attached hydrogen (secondary N) is 2. The summed E-state index contributed by atoms with van der Waals surface area (Å²) in [6.07, 6.45) is 1.01. The van der Waals surface area contributed by atoms with E-state index in [2.05, 4.69) is 10.6 Å². The standard InChI is InChI=1S/C16H23N3O2S.ClH/c1-12(16(21)19-10-3-8-17-9-11-19)22-15-6-4-14(5-7-15)18-13(2)20;/h4-7,12,17H,3,8-11H2,1-2H3,(H,18,20);1H. The highest BCUT2D eigenvalue weighted by atomic mass is 35.5. The van der Waals surface area contributed by atoms with Crippen LogP contribution in [0.15, 0.2) is 29.2 Å². The quantitative estimate of drug-likeness (QED) is 0.812. The van der Waals surface area contributed by atoms with Gasteiger partial charge in [-0.15, -0.1) is 24.2 Å². The number of hydrogen-bond acceptors (Lipinski definition) is 4. The van der Waals surface area contributed by atoms with E-state index < -0.39 is 0 Å². The molecule has 0 radical (unpaired) electrons. The fraction of sp³-hybridized carbons (Fsp3) is 0.500. The second-order valence-corrected chi connectivity index (χ2v) is 6.81. The Morgan fingerprint density at radius 3 is 2.57 bits per heavy atom. The Bertz CT molecular complexity index is 517. The van der Waals surface area contributed by atoms with Gasteiger partial charge in [0.05, 0.1) is 5.25 Å². The predicted molar refractivity (Wildman–Crippen MR) is 97.4 cm³/mol. The molecular weight excluding hydrogens is 334 g/mol. The molecular formula is C16H24ClN3O2S. The summed E-state index contributed by atoms with van der Waals surface area (Å²) in [5, 5.41) is 5.94. The van der Waals surface area contributed by atoms with Crippen molar-refractivity contribution < 1.29 is 9.59 Å². The molecule has 1 heterocycles. The van der Waals surface area contributed by atoms with E-state index in [9.17, 15) is 9.59 Å². The van der Waals surface area contributed by atoms with Crippen molar-refractivity contribution in [3.63, 3.8) is 0 Å². The molecule has 7 heteroatoms. The third-order valence-electron chi connectivity index (χ3n) is 3.49. The van der Waals surface area contributed by atoms with Crippen LogP contribution in [0.5, 0.6) is 0 Å². The van der Waals surface area contributed by atoms with E-state index in [-0.39, 0.29) is 29.5 Å². The van der Waals surface area contributed by atoms with E-state index in [1.54, 1.807) is 11.8 Å². The number of anilines is 1. The van der Waals surface area contributed by atoms with Crippen molar-refractivity contribution in [3.05, 3.63) is 24.3 Å². The molecule has 0 bridgehead atoms. The van der Waals surface area contributed by atoms with Crippen molar-refractivity contribution >= 4 is 41.7 Å². The summed E-state index contributed by atoms with van der Waals surface area (Å²) < 4.78 is 0. The molecule has 2 amide bonds. The Morgan fingerprint density at radius 2 is 1.91 bits per heavy atom. The number of rotatable bonds is 4. The summed E-state index contributed by atoms with van der Waals surface area (Å²) in [6.45, 7) is 6.90. The van der Waals surface area contributed by atoms with Gasteiger partial charge >= 0.3 is 0 Å². The van der Waals surface area contributed by atoms with E-state index in [1.165, 1.54) is 6.92 Å². The summed E-state index contributed by atoms with van der Waals surface area (Å²) in [5.41, 5.74) is 0.773. The van der Waals surface area contributed by atoms with Crippen LogP contribution in [0.2, 0.25) is 0 Å². The first kappa shape index (κ1) is 19.8. The fourth-order valence-electron chi connectivity index (χ4n) is 2.40. The average molecular weight is 358 g/mol. The molecule has 1 fully saturated rings. The lowest BCUT2D eigenvalue weighted by Gasteiger charge is -2.23. The lowest BCUT2D eigenvalue weighted by Crippen LogP contribution is -2.38. The van der Waals surface area contributed by atoms with Gasteiger partial charge in [0.15, 0.2) is 0 Å². The van der Waals surface area contributed by atoms with Crippen LogP contribution >= 0.6 is 24.2 Å². The van der Waals surface area contributed by atoms with E-state index >= 15 is 0 Å². The molecule has 0 saturated carbocycles. The first-order chi connectivity index (χ1) is 10.6. The monoisotopic (exact) mass is 357 g/mol. The lowest BCUT2D eigenvalue weighted by molar-refractivity contribution is -0.130. The Labute approximate surface area is 148 Å². The number of halogens is 1. The SMILES string of the molecule is CC(=O)Nc1ccc(SC(C)C(=O)N2CCCNCC2)cc1.Cl. The first-order valence-electron chi connectivity index (χ1n) is 7.60. The van der Waals surface area contributed by atoms with Gasteiger partial charge in [-0.1, -0.05) is 0 Å². The molecule has 1 aliphatic rings. The van der Waals surface area contributed by atoms with Crippen molar-refractivity contribution in [2.45, 2.75) is 30.4 Å². The van der Waals surface area contributed by atoms with Crippen LogP contribution in [-0.4, -0.2) is 48.1 Å². The minimum atomic E-state index is -0.107. The van der Waals surface area contributed by atoms with Gasteiger partial charge in [0.2, 0.25) is 11.8 Å². The molecule has 1 aliphatic heterocycles. The topological polar surface area (TPSA) is 61.4 Å². The molecule has 0 spiro atoms. The van der Waals surface area contributed by atoms with Gasteiger partial charge in [-0.3, -0.25) is 9.59 Å². The number of carbonyl (C=O) groups excluding carboxylic acids is 2. The van der Waals surface area contributed by atoms with Gasteiger partial charge in [0, 0.05) is 37.1 Å². The minimum absolute atomic E-state index is 0. The Balaban J connectivity index is 0.00000264. The van der Waals surface area contributed by atoms with Gasteiger partial charge in [0.25, 0.3) is 0 Å². The first-order valence-corrected chi connectivity index (χ1v) is 8.48. The average Bonchev–Trinajstić information content (AvgIpc) is 2.77. The summed E-state index contributed by atoms with van der Waals surface area (Å²) in [5.74, 6) is 0.110. The molecule has 0 aliphatic carbocycles. The smallest absolute Gasteiger partial charge is 0.235 e. The van der Waals surface area contributed by atoms with Crippen molar-refractivity contribution in [1.29, 1.82) is 0 Å². The number of nitrogens with zero attached hydrogens (tertiary/aromatic N) is 1. The van der Waals surface area contributed by atoms with Crippen LogP contribution in [0, 0.1) is 0 Å². The van der Waals surface area contributed by atoms with Gasteiger partial charge < -0.3 is 15.5 Å². The Kier molecular flexibility index (Phi) is 8.44. The second-order valence-electron chi connectivity index (χ2n) is 5.39. The molecule has 2 N–H and O–H groups in total. The maximum atomic E-state index is 12.5. The molecule has 1 atom stereocenters. The van der Waals surface area contributed by atoms with Crippen molar-refractivity contribution in [2.75, 3.05) is 31.5 Å². The zero-order chi connectivity index (χ0) is 15.9. The zero-order valence-corrected chi connectivity index (χ0v) is 15.1. The van der Waals surface area contributed by atoms with E-state index in [0.717, 1.165) is 43.2 Å². The maximum Gasteiger partial charge on any atom is 0.235 e. The molecule has 2 rings (SSSR count). The Hall–Kier alpha value is -1.24. The third kappa shape index (κ3) is 6.41. The molecule has 1 unspecified atom stereocenters. The number of thioether (sulfide) groups is 1. The summed E-state index contributed by atoms with van der Waals surface area (Å²) in [4.78, 5) is 26.5. The maximum absolute atomic E-state index is 12.5. The number of benzene rings is 1. The fourth-order valence-corrected chi connectivity index (χ4v) is 3.35. The minimum Gasteiger partial charge on any atom is -0.340 e. The normalized spacial score (nSPS) is 16.0. The van der Waals surface area contributed by atoms with E-state index in [4.69, 9.17) is 0 Å². The highest BCUT2D eigenvalue weighted by Gasteiger charge is 2.22. The molecule has 1 aromatic rings. The largest absolute Gasteiger partial charge is 0.340 e. The van der Waals surface area contributed by atoms with Crippen molar-refractivity contribution in [1.82, 2.24) is 10.2 Å². The second kappa shape index (κ2) is 9.80.